The van der Waals surface area contributed by atoms with Crippen molar-refractivity contribution < 1.29 is 98.9 Å². The molecule has 0 fully saturated rings. The summed E-state index contributed by atoms with van der Waals surface area (Å²) in [5.41, 5.74) is -1.77. The van der Waals surface area contributed by atoms with Gasteiger partial charge in [-0.05, 0) is 73.5 Å². The molecule has 7 N–H and O–H groups in total. The fourth-order valence-corrected chi connectivity index (χ4v) is 10.0. The number of halogens is 1. The predicted octanol–water partition coefficient (Wildman–Crippen LogP) is 6.76. The van der Waals surface area contributed by atoms with E-state index in [2.05, 4.69) is 40.8 Å². The van der Waals surface area contributed by atoms with Crippen LogP contribution in [0.5, 0.6) is 17.4 Å². The Labute approximate surface area is 435 Å². The summed E-state index contributed by atoms with van der Waals surface area (Å²) in [7, 11) is -22.3. The van der Waals surface area contributed by atoms with E-state index in [1.165, 1.54) is 24.3 Å². The lowest BCUT2D eigenvalue weighted by atomic mass is 10.1. The second-order valence-corrected chi connectivity index (χ2v) is 22.0. The Bertz CT molecular complexity index is 4200. The van der Waals surface area contributed by atoms with E-state index in [4.69, 9.17) is 38.6 Å². The number of benzene rings is 5. The number of carbonyl (C=O) groups excluding carboxylic acids is 2. The standard InChI is InChI=1S/C37H28ClN9O17S5.CO2.O3S/c1-17-9-27(29(64-7-2-8-66(52,53)54)15-26(17)43-46-37-40-32-30(65-37)12-19(38)13-31(32)68(58,59)60)44-41-24-5-4-23-22(33(24)48)3-6-25(34(23)69(61,62)63)42-45-28-16-39-47(35(28)49)20-10-18(36(50)51)11-21(14-20)67(55,56)57;2-1-3;1-4(2)3/h3-6,9-16,48-49H,2,7-8H2,1H3,(H,50,51)(H,52,53,54)(H,55,56,57)(H,58,59,60)(H,61,62,63);;. The Balaban J connectivity index is 0.00000144. The first kappa shape index (κ1) is 58.9. The summed E-state index contributed by atoms with van der Waals surface area (Å²) < 4.78 is 166. The minimum atomic E-state index is -5.17. The average Bonchev–Trinajstić information content (AvgIpc) is 3.89. The molecule has 2 aromatic heterocycles. The molecule has 7 rings (SSSR count). The van der Waals surface area contributed by atoms with Crippen LogP contribution in [0.4, 0.5) is 33.6 Å². The van der Waals surface area contributed by atoms with Crippen LogP contribution in [0.3, 0.4) is 0 Å². The fraction of sp³-hybridized carbons (Fsp3) is 0.105. The van der Waals surface area contributed by atoms with Gasteiger partial charge in [-0.1, -0.05) is 29.0 Å². The fourth-order valence-electron chi connectivity index (χ4n) is 6.23. The molecule has 0 radical (unpaired) electrons. The zero-order valence-electron chi connectivity index (χ0n) is 37.2. The molecule has 0 bridgehead atoms. The summed E-state index contributed by atoms with van der Waals surface area (Å²) in [5, 5.41) is 59.0. The lowest BCUT2D eigenvalue weighted by molar-refractivity contribution is -0.191. The van der Waals surface area contributed by atoms with E-state index in [0.717, 1.165) is 53.9 Å². The number of aromatic hydroxyl groups is 2. The van der Waals surface area contributed by atoms with Crippen LogP contribution in [0.2, 0.25) is 5.02 Å². The van der Waals surface area contributed by atoms with Gasteiger partial charge in [0.2, 0.25) is 11.0 Å². The van der Waals surface area contributed by atoms with Crippen LogP contribution >= 0.6 is 22.9 Å². The van der Waals surface area contributed by atoms with Crippen molar-refractivity contribution in [1.82, 2.24) is 14.8 Å². The first-order chi connectivity index (χ1) is 35.3. The highest BCUT2D eigenvalue weighted by Gasteiger charge is 2.24. The van der Waals surface area contributed by atoms with Crippen LogP contribution < -0.4 is 4.74 Å². The van der Waals surface area contributed by atoms with E-state index < -0.39 is 106 Å². The summed E-state index contributed by atoms with van der Waals surface area (Å²) in [5.74, 6) is -3.80. The van der Waals surface area contributed by atoms with Crippen molar-refractivity contribution in [3.8, 4) is 23.1 Å². The molecule has 31 nitrogen and oxygen atoms in total. The van der Waals surface area contributed by atoms with Crippen molar-refractivity contribution >= 4 is 141 Å². The predicted molar refractivity (Wildman–Crippen MR) is 257 cm³/mol. The molecular weight excluding hydrogens is 1160 g/mol. The van der Waals surface area contributed by atoms with Gasteiger partial charge in [0.25, 0.3) is 40.5 Å². The van der Waals surface area contributed by atoms with Crippen LogP contribution in [0.25, 0.3) is 26.7 Å². The third-order valence-corrected chi connectivity index (χ3v) is 13.8. The minimum Gasteiger partial charge on any atom is -0.505 e. The topological polar surface area (TPSA) is 495 Å². The van der Waals surface area contributed by atoms with E-state index in [1.54, 1.807) is 6.92 Å². The quantitative estimate of drug-likeness (QED) is 0.0298. The molecule has 38 heteroatoms. The van der Waals surface area contributed by atoms with E-state index in [-0.39, 0.29) is 78.8 Å². The number of rotatable bonds is 16. The largest absolute Gasteiger partial charge is 0.505 e. The van der Waals surface area contributed by atoms with Crippen molar-refractivity contribution in [3.63, 3.8) is 0 Å². The normalized spacial score (nSPS) is 12.1. The van der Waals surface area contributed by atoms with E-state index in [9.17, 15) is 72.0 Å². The summed E-state index contributed by atoms with van der Waals surface area (Å²) in [6.07, 6.45) is 0.959. The Morgan fingerprint density at radius 2 is 1.34 bits per heavy atom. The molecule has 7 aromatic rings. The molecule has 0 aliphatic rings. The van der Waals surface area contributed by atoms with Crippen molar-refractivity contribution in [1.29, 1.82) is 0 Å². The third-order valence-electron chi connectivity index (χ3n) is 9.29. The van der Waals surface area contributed by atoms with E-state index in [0.29, 0.717) is 16.3 Å². The lowest BCUT2D eigenvalue weighted by Gasteiger charge is -2.11. The molecule has 0 spiro atoms. The number of fused-ring (bicyclic) bond motifs is 2. The number of aromatic nitrogens is 3. The van der Waals surface area contributed by atoms with Gasteiger partial charge in [0.05, 0.1) is 45.1 Å². The number of hydrogen-bond acceptors (Lipinski definition) is 26. The maximum absolute atomic E-state index is 12.8. The maximum atomic E-state index is 12.8. The number of ether oxygens (including phenoxy) is 1. The maximum Gasteiger partial charge on any atom is 0.425 e. The van der Waals surface area contributed by atoms with Gasteiger partial charge in [-0.25, -0.2) is 9.78 Å². The summed E-state index contributed by atoms with van der Waals surface area (Å²) in [4.78, 5) is 29.7. The lowest BCUT2D eigenvalue weighted by Crippen LogP contribution is -2.08. The number of carboxylic acids is 1. The average molecular weight is 1190 g/mol. The number of azo groups is 3. The van der Waals surface area contributed by atoms with Gasteiger partial charge in [-0.3, -0.25) is 18.2 Å². The van der Waals surface area contributed by atoms with Crippen LogP contribution in [-0.4, -0.2) is 119 Å². The number of nitrogens with zero attached hydrogens (tertiary/aromatic N) is 9. The van der Waals surface area contributed by atoms with Gasteiger partial charge in [0, 0.05) is 21.9 Å². The molecular formula is C38H28ClN9O22S6. The third kappa shape index (κ3) is 15.1. The molecule has 5 aromatic carbocycles. The molecule has 0 atom stereocenters. The number of aromatic carboxylic acids is 1. The molecule has 76 heavy (non-hydrogen) atoms. The van der Waals surface area contributed by atoms with E-state index in [1.807, 2.05) is 0 Å². The molecule has 0 saturated heterocycles. The number of hydrogen-bond donors (Lipinski definition) is 7. The van der Waals surface area contributed by atoms with Crippen LogP contribution in [-0.2, 0) is 60.7 Å². The highest BCUT2D eigenvalue weighted by molar-refractivity contribution is 7.86. The Morgan fingerprint density at radius 3 is 1.95 bits per heavy atom. The minimum absolute atomic E-state index is 0.00791. The van der Waals surface area contributed by atoms with Gasteiger partial charge in [-0.15, -0.1) is 43.3 Å². The monoisotopic (exact) mass is 1190 g/mol. The Kier molecular flexibility index (Phi) is 18.4. The number of thiazole rings is 1. The van der Waals surface area contributed by atoms with E-state index >= 15 is 0 Å². The zero-order chi connectivity index (χ0) is 56.7. The molecule has 0 unspecified atom stereocenters. The Hall–Kier alpha value is -7.94. The highest BCUT2D eigenvalue weighted by atomic mass is 35.5. The zero-order valence-corrected chi connectivity index (χ0v) is 42.8. The summed E-state index contributed by atoms with van der Waals surface area (Å²) in [6.45, 7) is 1.30. The number of aryl methyl sites for hydroxylation is 1. The van der Waals surface area contributed by atoms with Crippen LogP contribution in [0, 0.1) is 6.92 Å². The number of phenols is 1. The number of phenolic OH excluding ortho intramolecular Hbond substituents is 1. The first-order valence-corrected chi connectivity index (χ1v) is 27.7. The first-order valence-electron chi connectivity index (χ1n) is 19.5. The van der Waals surface area contributed by atoms with Crippen molar-refractivity contribution in [2.24, 2.45) is 30.7 Å². The molecule has 2 heterocycles. The second kappa shape index (κ2) is 23.7. The Morgan fingerprint density at radius 1 is 0.750 bits per heavy atom. The molecule has 400 valence electrons. The number of carbonyl (C=O) groups is 1. The molecule has 0 amide bonds. The second-order valence-electron chi connectivity index (χ2n) is 14.4. The van der Waals surface area contributed by atoms with Crippen molar-refractivity contribution in [2.45, 2.75) is 28.0 Å². The SMILES string of the molecule is Cc1cc(N=Nc2ccc3c(S(=O)(=O)O)c(N=Nc4cnn(-c5cc(C(=O)O)cc(S(=O)(=O)O)c5)c4O)ccc3c2O)c(OCCCS(=O)(=O)O)cc1N=Nc1nc2c(S(=O)(=O)O)cc(Cl)cc2s1.O=C=O.O=S(=O)=O. The number of carboxylic acid groups (broad SMARTS) is 1. The molecule has 0 aliphatic heterocycles. The van der Waals surface area contributed by atoms with Crippen molar-refractivity contribution in [3.05, 3.63) is 89.1 Å². The summed E-state index contributed by atoms with van der Waals surface area (Å²) >= 11 is 6.93. The van der Waals surface area contributed by atoms with Gasteiger partial charge in [-0.2, -0.15) is 53.0 Å². The van der Waals surface area contributed by atoms with Crippen LogP contribution in [0.15, 0.2) is 118 Å². The highest BCUT2D eigenvalue weighted by Crippen LogP contribution is 2.44. The van der Waals surface area contributed by atoms with Gasteiger partial charge in [0.1, 0.15) is 38.1 Å². The smallest absolute Gasteiger partial charge is 0.425 e. The van der Waals surface area contributed by atoms with Gasteiger partial charge >= 0.3 is 22.7 Å². The molecule has 0 aliphatic carbocycles. The van der Waals surface area contributed by atoms with Crippen LogP contribution in [0.1, 0.15) is 22.3 Å². The molecule has 0 saturated carbocycles. The van der Waals surface area contributed by atoms with Crippen molar-refractivity contribution in [2.75, 3.05) is 12.4 Å². The van der Waals surface area contributed by atoms with Gasteiger partial charge in [0.15, 0.2) is 11.4 Å². The van der Waals surface area contributed by atoms with Gasteiger partial charge < -0.3 is 20.1 Å². The summed E-state index contributed by atoms with van der Waals surface area (Å²) in [6, 6.07) is 12.0.